The molecule has 11 nitrogen and oxygen atoms in total. The molecule has 0 aliphatic carbocycles. The monoisotopic (exact) mass is 681 g/mol. The molecule has 0 heterocycles. The largest absolute Gasteiger partial charge is 0.444 e. The highest BCUT2D eigenvalue weighted by Crippen LogP contribution is 2.16. The van der Waals surface area contributed by atoms with Gasteiger partial charge in [-0.05, 0) is 67.2 Å². The minimum atomic E-state index is -0.801. The summed E-state index contributed by atoms with van der Waals surface area (Å²) in [5.74, 6) is -2.04. The minimum absolute atomic E-state index is 0.127. The van der Waals surface area contributed by atoms with E-state index in [1.165, 1.54) is 44.9 Å². The van der Waals surface area contributed by atoms with Crippen molar-refractivity contribution in [3.63, 3.8) is 0 Å². The number of carbonyl (C=O) groups is 5. The SMILES string of the molecule is CCCCCCCCCCCCNC(=O)[C@H](CCCN=C(NC(=O)OC(C)(C)C)NC(=O)OC(C)(C)C)CC(=O)C(=O)CCCCCC. The standard InChI is InChI=1S/C37H68N4O7/c1-9-11-13-15-16-17-18-19-20-22-26-38-32(44)29(28-31(43)30(42)25-21-14-12-10-2)24-23-27-39-33(40-34(45)47-36(3,4)5)41-35(46)48-37(6,7)8/h29H,9-28H2,1-8H3,(H,38,44)(H2,39,40,41,45,46)/t29-/m1/s1. The van der Waals surface area contributed by atoms with Crippen molar-refractivity contribution < 1.29 is 33.4 Å². The van der Waals surface area contributed by atoms with E-state index in [1.54, 1.807) is 41.5 Å². The molecule has 3 amide bonds. The molecule has 0 aromatic heterocycles. The van der Waals surface area contributed by atoms with E-state index in [0.29, 0.717) is 25.8 Å². The van der Waals surface area contributed by atoms with E-state index in [0.717, 1.165) is 38.5 Å². The van der Waals surface area contributed by atoms with Crippen LogP contribution in [-0.2, 0) is 23.9 Å². The fourth-order valence-electron chi connectivity index (χ4n) is 4.92. The van der Waals surface area contributed by atoms with E-state index < -0.39 is 40.9 Å². The molecule has 3 N–H and O–H groups in total. The Morgan fingerprint density at radius 3 is 1.54 bits per heavy atom. The molecule has 11 heteroatoms. The number of guanidine groups is 1. The Kier molecular flexibility index (Phi) is 24.3. The van der Waals surface area contributed by atoms with Crippen LogP contribution in [0, 0.1) is 5.92 Å². The molecule has 0 aromatic carbocycles. The van der Waals surface area contributed by atoms with Crippen LogP contribution in [0.4, 0.5) is 9.59 Å². The second-order valence-electron chi connectivity index (χ2n) is 14.7. The summed E-state index contributed by atoms with van der Waals surface area (Å²) in [6.45, 7) is 15.2. The van der Waals surface area contributed by atoms with Gasteiger partial charge in [-0.25, -0.2) is 9.59 Å². The van der Waals surface area contributed by atoms with Gasteiger partial charge in [0.1, 0.15) is 11.2 Å². The normalized spacial score (nSPS) is 12.1. The van der Waals surface area contributed by atoms with Gasteiger partial charge in [0.05, 0.1) is 0 Å². The summed E-state index contributed by atoms with van der Waals surface area (Å²) >= 11 is 0. The zero-order valence-electron chi connectivity index (χ0n) is 31.5. The van der Waals surface area contributed by atoms with Gasteiger partial charge in [-0.1, -0.05) is 90.9 Å². The number of aliphatic imine (C=N–C) groups is 1. The Bertz CT molecular complexity index is 951. The topological polar surface area (TPSA) is 152 Å². The molecule has 1 atom stereocenters. The lowest BCUT2D eigenvalue weighted by Gasteiger charge is -2.22. The van der Waals surface area contributed by atoms with Crippen LogP contribution < -0.4 is 16.0 Å². The van der Waals surface area contributed by atoms with Crippen LogP contribution in [0.1, 0.15) is 171 Å². The molecule has 0 aromatic rings. The van der Waals surface area contributed by atoms with Gasteiger partial charge in [-0.2, -0.15) is 0 Å². The van der Waals surface area contributed by atoms with E-state index in [-0.39, 0.29) is 31.3 Å². The Hall–Kier alpha value is -2.98. The summed E-state index contributed by atoms with van der Waals surface area (Å²) in [5.41, 5.74) is -1.54. The molecule has 0 saturated heterocycles. The highest BCUT2D eigenvalue weighted by atomic mass is 16.6. The zero-order valence-corrected chi connectivity index (χ0v) is 31.5. The first-order chi connectivity index (χ1) is 22.6. The van der Waals surface area contributed by atoms with Crippen LogP contribution in [-0.4, -0.2) is 59.9 Å². The van der Waals surface area contributed by atoms with Crippen molar-refractivity contribution in [2.45, 2.75) is 182 Å². The molecule has 0 bridgehead atoms. The average Bonchev–Trinajstić information content (AvgIpc) is 2.97. The number of alkyl carbamates (subject to hydrolysis) is 2. The van der Waals surface area contributed by atoms with Gasteiger partial charge in [0.15, 0.2) is 11.6 Å². The summed E-state index contributed by atoms with van der Waals surface area (Å²) in [6, 6.07) is 0. The number of ketones is 2. The number of hydrogen-bond donors (Lipinski definition) is 3. The van der Waals surface area contributed by atoms with Gasteiger partial charge in [0, 0.05) is 31.8 Å². The van der Waals surface area contributed by atoms with E-state index >= 15 is 0 Å². The summed E-state index contributed by atoms with van der Waals surface area (Å²) in [7, 11) is 0. The second kappa shape index (κ2) is 26.0. The molecule has 278 valence electrons. The Balaban J connectivity index is 5.25. The number of nitrogens with zero attached hydrogens (tertiary/aromatic N) is 1. The number of nitrogens with one attached hydrogen (secondary N) is 3. The molecule has 0 fully saturated rings. The first kappa shape index (κ1) is 45.0. The van der Waals surface area contributed by atoms with Crippen LogP contribution in [0.15, 0.2) is 4.99 Å². The number of ether oxygens (including phenoxy) is 2. The van der Waals surface area contributed by atoms with Crippen molar-refractivity contribution in [1.29, 1.82) is 0 Å². The van der Waals surface area contributed by atoms with E-state index in [4.69, 9.17) is 9.47 Å². The molecule has 0 spiro atoms. The predicted molar refractivity (Wildman–Crippen MR) is 192 cm³/mol. The number of amides is 3. The van der Waals surface area contributed by atoms with Crippen LogP contribution in [0.25, 0.3) is 0 Å². The molecule has 0 aliphatic heterocycles. The zero-order chi connectivity index (χ0) is 36.4. The maximum atomic E-state index is 13.2. The van der Waals surface area contributed by atoms with Gasteiger partial charge in [-0.15, -0.1) is 0 Å². The van der Waals surface area contributed by atoms with Crippen molar-refractivity contribution in [2.24, 2.45) is 10.9 Å². The lowest BCUT2D eigenvalue weighted by atomic mass is 9.93. The first-order valence-electron chi connectivity index (χ1n) is 18.5. The molecule has 0 rings (SSSR count). The number of rotatable bonds is 24. The Morgan fingerprint density at radius 1 is 0.604 bits per heavy atom. The highest BCUT2D eigenvalue weighted by molar-refractivity contribution is 6.37. The smallest absolute Gasteiger partial charge is 0.414 e. The maximum Gasteiger partial charge on any atom is 0.414 e. The molecular formula is C37H68N4O7. The summed E-state index contributed by atoms with van der Waals surface area (Å²) in [5, 5.41) is 7.85. The third-order valence-electron chi connectivity index (χ3n) is 7.42. The van der Waals surface area contributed by atoms with Crippen LogP contribution >= 0.6 is 0 Å². The quantitative estimate of drug-likeness (QED) is 0.0401. The van der Waals surface area contributed by atoms with Crippen LogP contribution in [0.5, 0.6) is 0 Å². The summed E-state index contributed by atoms with van der Waals surface area (Å²) < 4.78 is 10.6. The van der Waals surface area contributed by atoms with Crippen molar-refractivity contribution in [2.75, 3.05) is 13.1 Å². The molecule has 0 radical (unpaired) electrons. The van der Waals surface area contributed by atoms with Gasteiger partial charge < -0.3 is 14.8 Å². The number of carbonyl (C=O) groups excluding carboxylic acids is 5. The van der Waals surface area contributed by atoms with Crippen LogP contribution in [0.2, 0.25) is 0 Å². The van der Waals surface area contributed by atoms with Gasteiger partial charge in [0.2, 0.25) is 11.9 Å². The fourth-order valence-corrected chi connectivity index (χ4v) is 4.92. The molecule has 48 heavy (non-hydrogen) atoms. The fraction of sp³-hybridized carbons (Fsp3) is 0.838. The van der Waals surface area contributed by atoms with Crippen molar-refractivity contribution in [1.82, 2.24) is 16.0 Å². The Labute approximate surface area is 290 Å². The minimum Gasteiger partial charge on any atom is -0.444 e. The third-order valence-corrected chi connectivity index (χ3v) is 7.42. The van der Waals surface area contributed by atoms with Crippen molar-refractivity contribution >= 4 is 35.6 Å². The van der Waals surface area contributed by atoms with Crippen molar-refractivity contribution in [3.05, 3.63) is 0 Å². The second-order valence-corrected chi connectivity index (χ2v) is 14.7. The highest BCUT2D eigenvalue weighted by Gasteiger charge is 2.25. The van der Waals surface area contributed by atoms with Crippen molar-refractivity contribution in [3.8, 4) is 0 Å². The van der Waals surface area contributed by atoms with E-state index in [1.807, 2.05) is 0 Å². The molecule has 0 aliphatic rings. The predicted octanol–water partition coefficient (Wildman–Crippen LogP) is 8.32. The molecular weight excluding hydrogens is 612 g/mol. The molecule has 0 saturated carbocycles. The molecule has 0 unspecified atom stereocenters. The lowest BCUT2D eigenvalue weighted by molar-refractivity contribution is -0.138. The summed E-state index contributed by atoms with van der Waals surface area (Å²) in [4.78, 5) is 67.6. The van der Waals surface area contributed by atoms with Crippen LogP contribution in [0.3, 0.4) is 0 Å². The first-order valence-corrected chi connectivity index (χ1v) is 18.5. The lowest BCUT2D eigenvalue weighted by Crippen LogP contribution is -2.47. The Morgan fingerprint density at radius 2 is 1.06 bits per heavy atom. The third kappa shape index (κ3) is 27.0. The average molecular weight is 681 g/mol. The summed E-state index contributed by atoms with van der Waals surface area (Å²) in [6.07, 6.45) is 14.7. The van der Waals surface area contributed by atoms with Gasteiger partial charge in [-0.3, -0.25) is 30.0 Å². The number of unbranched alkanes of at least 4 members (excludes halogenated alkanes) is 12. The number of hydrogen-bond acceptors (Lipinski definition) is 8. The van der Waals surface area contributed by atoms with Gasteiger partial charge >= 0.3 is 12.2 Å². The van der Waals surface area contributed by atoms with Gasteiger partial charge in [0.25, 0.3) is 0 Å². The van der Waals surface area contributed by atoms with E-state index in [9.17, 15) is 24.0 Å². The maximum absolute atomic E-state index is 13.2. The number of Topliss-reactive ketones (excluding diaryl/α,β-unsaturated/α-hetero) is 2. The van der Waals surface area contributed by atoms with E-state index in [2.05, 4.69) is 34.8 Å².